The first-order valence-corrected chi connectivity index (χ1v) is 11.6. The Kier molecular flexibility index (Phi) is 8.10. The van der Waals surface area contributed by atoms with Crippen LogP contribution >= 0.6 is 0 Å². The van der Waals surface area contributed by atoms with E-state index in [-0.39, 0.29) is 35.8 Å². The average molecular weight is 435 g/mol. The quantitative estimate of drug-likeness (QED) is 0.682. The lowest BCUT2D eigenvalue weighted by Gasteiger charge is -2.32. The fourth-order valence-electron chi connectivity index (χ4n) is 3.48. The summed E-state index contributed by atoms with van der Waals surface area (Å²) in [5.74, 6) is -0.308. The number of piperidine rings is 1. The summed E-state index contributed by atoms with van der Waals surface area (Å²) in [6.45, 7) is 5.40. The fourth-order valence-corrected chi connectivity index (χ4v) is 5.16. The Morgan fingerprint density at radius 3 is 2.48 bits per heavy atom. The zero-order chi connectivity index (χ0) is 21.7. The van der Waals surface area contributed by atoms with Crippen LogP contribution in [0.3, 0.4) is 0 Å². The molecule has 0 radical (unpaired) electrons. The zero-order valence-corrected chi connectivity index (χ0v) is 17.7. The van der Waals surface area contributed by atoms with Gasteiger partial charge in [-0.25, -0.2) is 8.42 Å². The van der Waals surface area contributed by atoms with E-state index < -0.39 is 21.6 Å². The highest BCUT2D eigenvalue weighted by Crippen LogP contribution is 2.30. The van der Waals surface area contributed by atoms with Gasteiger partial charge in [0.25, 0.3) is 0 Å². The van der Waals surface area contributed by atoms with Crippen LogP contribution < -0.4 is 5.32 Å². The van der Waals surface area contributed by atoms with Crippen molar-refractivity contribution in [1.82, 2.24) is 10.2 Å². The van der Waals surface area contributed by atoms with E-state index in [4.69, 9.17) is 0 Å². The van der Waals surface area contributed by atoms with E-state index >= 15 is 0 Å². The van der Waals surface area contributed by atoms with Crippen LogP contribution in [0.15, 0.2) is 24.3 Å². The number of carbonyl (C=O) groups is 1. The number of amides is 1. The van der Waals surface area contributed by atoms with Crippen molar-refractivity contribution in [2.75, 3.05) is 24.6 Å². The molecule has 0 aliphatic carbocycles. The van der Waals surface area contributed by atoms with Gasteiger partial charge in [0.15, 0.2) is 9.84 Å². The second kappa shape index (κ2) is 9.93. The van der Waals surface area contributed by atoms with Gasteiger partial charge < -0.3 is 5.32 Å². The fraction of sp³-hybridized carbons (Fsp3) is 0.650. The highest BCUT2D eigenvalue weighted by Gasteiger charge is 2.30. The van der Waals surface area contributed by atoms with Crippen molar-refractivity contribution in [3.05, 3.63) is 35.4 Å². The van der Waals surface area contributed by atoms with Gasteiger partial charge in [-0.05, 0) is 30.4 Å². The molecule has 1 fully saturated rings. The predicted molar refractivity (Wildman–Crippen MR) is 106 cm³/mol. The molecule has 1 amide bonds. The molecule has 1 saturated heterocycles. The second-order valence-corrected chi connectivity index (χ2v) is 10.3. The molecule has 0 atom stereocenters. The number of carbonyl (C=O) groups excluding carboxylic acids is 1. The summed E-state index contributed by atoms with van der Waals surface area (Å²) < 4.78 is 62.2. The third-order valence-electron chi connectivity index (χ3n) is 4.84. The number of likely N-dealkylation sites (tertiary alicyclic amines) is 1. The van der Waals surface area contributed by atoms with E-state index in [1.54, 1.807) is 6.07 Å². The van der Waals surface area contributed by atoms with Crippen molar-refractivity contribution in [2.24, 2.45) is 5.92 Å². The molecule has 0 saturated carbocycles. The number of halogens is 3. The molecule has 29 heavy (non-hydrogen) atoms. The lowest BCUT2D eigenvalue weighted by molar-refractivity contribution is -0.137. The maximum Gasteiger partial charge on any atom is 0.416 e. The molecule has 9 heteroatoms. The summed E-state index contributed by atoms with van der Waals surface area (Å²) >= 11 is 0. The Morgan fingerprint density at radius 2 is 1.90 bits per heavy atom. The Morgan fingerprint density at radius 1 is 1.24 bits per heavy atom. The standard InChI is InChI=1S/C20H29F3N2O3S/c1-15(2)14-29(27,28)11-8-19(26)24-18-6-9-25(10-7-18)13-16-4-3-5-17(12-16)20(21,22)23/h3-5,12,15,18H,6-11,13-14H2,1-2H3,(H,24,26). The van der Waals surface area contributed by atoms with Gasteiger partial charge >= 0.3 is 6.18 Å². The topological polar surface area (TPSA) is 66.5 Å². The molecule has 1 aromatic carbocycles. The number of benzene rings is 1. The molecule has 1 aliphatic rings. The monoisotopic (exact) mass is 434 g/mol. The first kappa shape index (κ1) is 23.7. The number of hydrogen-bond acceptors (Lipinski definition) is 4. The number of alkyl halides is 3. The van der Waals surface area contributed by atoms with E-state index in [1.165, 1.54) is 12.1 Å². The zero-order valence-electron chi connectivity index (χ0n) is 16.8. The van der Waals surface area contributed by atoms with E-state index in [1.807, 2.05) is 13.8 Å². The van der Waals surface area contributed by atoms with Gasteiger partial charge in [0.05, 0.1) is 17.1 Å². The molecule has 1 heterocycles. The Labute approximate surface area is 170 Å². The second-order valence-electron chi connectivity index (χ2n) is 8.07. The number of hydrogen-bond donors (Lipinski definition) is 1. The van der Waals surface area contributed by atoms with Crippen molar-refractivity contribution in [3.8, 4) is 0 Å². The predicted octanol–water partition coefficient (Wildman–Crippen LogP) is 3.25. The van der Waals surface area contributed by atoms with Crippen LogP contribution in [0.25, 0.3) is 0 Å². The lowest BCUT2D eigenvalue weighted by Crippen LogP contribution is -2.44. The Hall–Kier alpha value is -1.61. The highest BCUT2D eigenvalue weighted by atomic mass is 32.2. The van der Waals surface area contributed by atoms with Gasteiger partial charge in [-0.1, -0.05) is 32.0 Å². The largest absolute Gasteiger partial charge is 0.416 e. The minimum absolute atomic E-state index is 0.0317. The Balaban J connectivity index is 1.76. The summed E-state index contributed by atoms with van der Waals surface area (Å²) in [6.07, 6.45) is -3.03. The Bertz CT molecular complexity index is 786. The van der Waals surface area contributed by atoms with Crippen molar-refractivity contribution in [2.45, 2.75) is 51.9 Å². The molecule has 1 aliphatic heterocycles. The third-order valence-corrected chi connectivity index (χ3v) is 6.84. The highest BCUT2D eigenvalue weighted by molar-refractivity contribution is 7.91. The molecule has 0 spiro atoms. The normalized spacial score (nSPS) is 16.9. The molecule has 164 valence electrons. The van der Waals surface area contributed by atoms with Gasteiger partial charge in [0.1, 0.15) is 0 Å². The molecule has 5 nitrogen and oxygen atoms in total. The van der Waals surface area contributed by atoms with Crippen LogP contribution in [0.2, 0.25) is 0 Å². The number of nitrogens with zero attached hydrogens (tertiary/aromatic N) is 1. The maximum atomic E-state index is 12.8. The molecule has 1 aromatic rings. The van der Waals surface area contributed by atoms with E-state index in [2.05, 4.69) is 10.2 Å². The third kappa shape index (κ3) is 8.34. The minimum Gasteiger partial charge on any atom is -0.353 e. The van der Waals surface area contributed by atoms with Gasteiger partial charge in [-0.2, -0.15) is 13.2 Å². The van der Waals surface area contributed by atoms with Crippen LogP contribution in [0.1, 0.15) is 44.2 Å². The molecule has 2 rings (SSSR count). The molecule has 1 N–H and O–H groups in total. The summed E-state index contributed by atoms with van der Waals surface area (Å²) in [5.41, 5.74) is -0.0396. The van der Waals surface area contributed by atoms with Crippen LogP contribution in [-0.4, -0.2) is 49.9 Å². The molecular formula is C20H29F3N2O3S. The molecular weight excluding hydrogens is 405 g/mol. The average Bonchev–Trinajstić information content (AvgIpc) is 2.60. The van der Waals surface area contributed by atoms with Crippen molar-refractivity contribution in [3.63, 3.8) is 0 Å². The van der Waals surface area contributed by atoms with E-state index in [0.717, 1.165) is 6.07 Å². The SMILES string of the molecule is CC(C)CS(=O)(=O)CCC(=O)NC1CCN(Cc2cccc(C(F)(F)F)c2)CC1. The van der Waals surface area contributed by atoms with Crippen LogP contribution in [-0.2, 0) is 27.4 Å². The molecule has 0 bridgehead atoms. The maximum absolute atomic E-state index is 12.8. The summed E-state index contributed by atoms with van der Waals surface area (Å²) in [6, 6.07) is 5.30. The molecule has 0 unspecified atom stereocenters. The van der Waals surface area contributed by atoms with Crippen LogP contribution in [0, 0.1) is 5.92 Å². The first-order chi connectivity index (χ1) is 13.4. The van der Waals surface area contributed by atoms with Gasteiger partial charge in [-0.3, -0.25) is 9.69 Å². The van der Waals surface area contributed by atoms with Crippen molar-refractivity contribution >= 4 is 15.7 Å². The van der Waals surface area contributed by atoms with Gasteiger partial charge in [0.2, 0.25) is 5.91 Å². The van der Waals surface area contributed by atoms with Gasteiger partial charge in [0, 0.05) is 32.1 Å². The first-order valence-electron chi connectivity index (χ1n) is 9.83. The van der Waals surface area contributed by atoms with Crippen LogP contribution in [0.5, 0.6) is 0 Å². The van der Waals surface area contributed by atoms with E-state index in [9.17, 15) is 26.4 Å². The van der Waals surface area contributed by atoms with Gasteiger partial charge in [-0.15, -0.1) is 0 Å². The number of sulfone groups is 1. The van der Waals surface area contributed by atoms with Crippen molar-refractivity contribution < 1.29 is 26.4 Å². The molecule has 0 aromatic heterocycles. The van der Waals surface area contributed by atoms with Crippen molar-refractivity contribution in [1.29, 1.82) is 0 Å². The lowest BCUT2D eigenvalue weighted by atomic mass is 10.0. The summed E-state index contributed by atoms with van der Waals surface area (Å²) in [5, 5.41) is 2.88. The van der Waals surface area contributed by atoms with Crippen LogP contribution in [0.4, 0.5) is 13.2 Å². The van der Waals surface area contributed by atoms with E-state index in [0.29, 0.717) is 38.0 Å². The smallest absolute Gasteiger partial charge is 0.353 e. The number of rotatable bonds is 8. The summed E-state index contributed by atoms with van der Waals surface area (Å²) in [7, 11) is -3.22. The number of nitrogens with one attached hydrogen (secondary N) is 1. The summed E-state index contributed by atoms with van der Waals surface area (Å²) in [4.78, 5) is 14.1. The minimum atomic E-state index is -4.35.